The van der Waals surface area contributed by atoms with Crippen LogP contribution in [0.25, 0.3) is 0 Å². The van der Waals surface area contributed by atoms with Crippen LogP contribution in [0.3, 0.4) is 0 Å². The number of carbonyl (C=O) groups is 1. The highest BCUT2D eigenvalue weighted by molar-refractivity contribution is 5.95. The van der Waals surface area contributed by atoms with Gasteiger partial charge in [0, 0.05) is 18.1 Å². The number of quaternary nitrogens is 1. The molecule has 1 amide bonds. The van der Waals surface area contributed by atoms with E-state index in [1.165, 1.54) is 25.7 Å². The van der Waals surface area contributed by atoms with Crippen LogP contribution in [0.4, 0.5) is 0 Å². The number of amides is 1. The van der Waals surface area contributed by atoms with Gasteiger partial charge in [-0.05, 0) is 30.9 Å². The highest BCUT2D eigenvalue weighted by Gasteiger charge is 2.32. The second-order valence-electron chi connectivity index (χ2n) is 7.52. The Morgan fingerprint density at radius 3 is 2.28 bits per heavy atom. The number of ether oxygens (including phenoxy) is 2. The fraction of sp³-hybridized carbons (Fsp3) is 0.650. The zero-order valence-corrected chi connectivity index (χ0v) is 15.7. The summed E-state index contributed by atoms with van der Waals surface area (Å²) in [4.78, 5) is 16.5. The summed E-state index contributed by atoms with van der Waals surface area (Å²) in [5.74, 6) is 2.25. The fourth-order valence-electron chi connectivity index (χ4n) is 4.32. The van der Waals surface area contributed by atoms with Crippen LogP contribution < -0.4 is 14.4 Å². The average Bonchev–Trinajstić information content (AvgIpc) is 2.67. The molecule has 138 valence electrons. The van der Waals surface area contributed by atoms with Crippen molar-refractivity contribution >= 4 is 5.91 Å². The standard InChI is InChI=1S/C20H30N2O3/c1-15-5-4-6-17(11-15)21-7-9-22(10-8-21)20(23)16-12-18(24-2)14-19(13-16)25-3/h12-15,17H,4-11H2,1-3H3/p+1. The van der Waals surface area contributed by atoms with Crippen LogP contribution in [0.5, 0.6) is 11.5 Å². The number of benzene rings is 1. The first-order valence-corrected chi connectivity index (χ1v) is 9.47. The summed E-state index contributed by atoms with van der Waals surface area (Å²) >= 11 is 0. The predicted octanol–water partition coefficient (Wildman–Crippen LogP) is 1.62. The van der Waals surface area contributed by atoms with Gasteiger partial charge in [0.2, 0.25) is 0 Å². The van der Waals surface area contributed by atoms with Gasteiger partial charge in [0.05, 0.1) is 46.4 Å². The van der Waals surface area contributed by atoms with Crippen molar-refractivity contribution < 1.29 is 19.2 Å². The molecule has 0 radical (unpaired) electrons. The molecule has 1 N–H and O–H groups in total. The van der Waals surface area contributed by atoms with E-state index in [-0.39, 0.29) is 5.91 Å². The third-order valence-electron chi connectivity index (χ3n) is 5.81. The lowest BCUT2D eigenvalue weighted by molar-refractivity contribution is -0.930. The molecule has 2 atom stereocenters. The minimum atomic E-state index is 0.0771. The lowest BCUT2D eigenvalue weighted by Crippen LogP contribution is -3.18. The van der Waals surface area contributed by atoms with E-state index in [1.807, 2.05) is 4.90 Å². The summed E-state index contributed by atoms with van der Waals surface area (Å²) in [6.45, 7) is 6.16. The predicted molar refractivity (Wildman–Crippen MR) is 97.6 cm³/mol. The van der Waals surface area contributed by atoms with Gasteiger partial charge in [0.25, 0.3) is 5.91 Å². The van der Waals surface area contributed by atoms with Crippen LogP contribution in [0.15, 0.2) is 18.2 Å². The van der Waals surface area contributed by atoms with Crippen LogP contribution >= 0.6 is 0 Å². The van der Waals surface area contributed by atoms with E-state index in [0.29, 0.717) is 17.1 Å². The number of nitrogens with zero attached hydrogens (tertiary/aromatic N) is 1. The first-order valence-electron chi connectivity index (χ1n) is 9.47. The molecule has 2 aliphatic rings. The molecule has 3 rings (SSSR count). The Hall–Kier alpha value is -1.75. The van der Waals surface area contributed by atoms with Gasteiger partial charge in [-0.3, -0.25) is 4.79 Å². The number of carbonyl (C=O) groups excluding carboxylic acids is 1. The zero-order valence-electron chi connectivity index (χ0n) is 15.7. The zero-order chi connectivity index (χ0) is 17.8. The Balaban J connectivity index is 1.61. The third kappa shape index (κ3) is 4.27. The summed E-state index contributed by atoms with van der Waals surface area (Å²) in [7, 11) is 3.21. The van der Waals surface area contributed by atoms with E-state index in [2.05, 4.69) is 6.92 Å². The largest absolute Gasteiger partial charge is 0.497 e. The number of hydrogen-bond donors (Lipinski definition) is 1. The van der Waals surface area contributed by atoms with Crippen molar-refractivity contribution in [3.05, 3.63) is 23.8 Å². The van der Waals surface area contributed by atoms with E-state index in [1.54, 1.807) is 37.3 Å². The van der Waals surface area contributed by atoms with E-state index in [9.17, 15) is 4.79 Å². The Kier molecular flexibility index (Phi) is 5.84. The van der Waals surface area contributed by atoms with Gasteiger partial charge in [-0.15, -0.1) is 0 Å². The number of hydrogen-bond acceptors (Lipinski definition) is 3. The number of nitrogens with one attached hydrogen (secondary N) is 1. The molecule has 0 bridgehead atoms. The number of rotatable bonds is 4. The normalized spacial score (nSPS) is 24.8. The van der Waals surface area contributed by atoms with Gasteiger partial charge in [0.1, 0.15) is 11.5 Å². The van der Waals surface area contributed by atoms with Gasteiger partial charge in [-0.2, -0.15) is 0 Å². The molecular weight excluding hydrogens is 316 g/mol. The summed E-state index contributed by atoms with van der Waals surface area (Å²) < 4.78 is 10.6. The molecule has 1 aromatic rings. The molecule has 1 saturated carbocycles. The average molecular weight is 347 g/mol. The summed E-state index contributed by atoms with van der Waals surface area (Å²) in [6.07, 6.45) is 5.44. The first-order chi connectivity index (χ1) is 12.1. The van der Waals surface area contributed by atoms with E-state index in [0.717, 1.165) is 38.1 Å². The second kappa shape index (κ2) is 8.09. The van der Waals surface area contributed by atoms with Crippen molar-refractivity contribution in [1.82, 2.24) is 4.90 Å². The van der Waals surface area contributed by atoms with Crippen LogP contribution in [0.2, 0.25) is 0 Å². The van der Waals surface area contributed by atoms with Crippen molar-refractivity contribution in [1.29, 1.82) is 0 Å². The third-order valence-corrected chi connectivity index (χ3v) is 5.81. The Labute approximate surface area is 150 Å². The summed E-state index contributed by atoms with van der Waals surface area (Å²) in [5.41, 5.74) is 0.644. The molecule has 1 aliphatic carbocycles. The van der Waals surface area contributed by atoms with Crippen molar-refractivity contribution in [2.24, 2.45) is 5.92 Å². The van der Waals surface area contributed by atoms with Gasteiger partial charge in [-0.1, -0.05) is 13.3 Å². The van der Waals surface area contributed by atoms with Crippen LogP contribution in [0, 0.1) is 5.92 Å². The lowest BCUT2D eigenvalue weighted by Gasteiger charge is -2.39. The summed E-state index contributed by atoms with van der Waals surface area (Å²) in [5, 5.41) is 0. The molecule has 5 heteroatoms. The molecule has 1 aliphatic heterocycles. The van der Waals surface area contributed by atoms with E-state index >= 15 is 0 Å². The van der Waals surface area contributed by atoms with Crippen molar-refractivity contribution in [2.75, 3.05) is 40.4 Å². The Morgan fingerprint density at radius 1 is 1.08 bits per heavy atom. The van der Waals surface area contributed by atoms with Crippen molar-refractivity contribution in [2.45, 2.75) is 38.6 Å². The molecule has 2 unspecified atom stereocenters. The molecule has 1 aromatic carbocycles. The molecule has 0 aromatic heterocycles. The van der Waals surface area contributed by atoms with Gasteiger partial charge < -0.3 is 19.3 Å². The lowest BCUT2D eigenvalue weighted by atomic mass is 9.86. The quantitative estimate of drug-likeness (QED) is 0.900. The molecule has 0 spiro atoms. The molecule has 5 nitrogen and oxygen atoms in total. The Bertz CT molecular complexity index is 574. The molecule has 25 heavy (non-hydrogen) atoms. The highest BCUT2D eigenvalue weighted by atomic mass is 16.5. The molecule has 1 heterocycles. The monoisotopic (exact) mass is 347 g/mol. The second-order valence-corrected chi connectivity index (χ2v) is 7.52. The molecule has 2 fully saturated rings. The van der Waals surface area contributed by atoms with E-state index < -0.39 is 0 Å². The maximum Gasteiger partial charge on any atom is 0.254 e. The SMILES string of the molecule is COc1cc(OC)cc(C(=O)N2CC[NH+](C3CCCC(C)C3)CC2)c1. The van der Waals surface area contributed by atoms with Gasteiger partial charge in [0.15, 0.2) is 0 Å². The Morgan fingerprint density at radius 2 is 1.72 bits per heavy atom. The minimum absolute atomic E-state index is 0.0771. The van der Waals surface area contributed by atoms with Crippen LogP contribution in [0.1, 0.15) is 43.0 Å². The highest BCUT2D eigenvalue weighted by Crippen LogP contribution is 2.24. The maximum atomic E-state index is 12.9. The topological polar surface area (TPSA) is 43.2 Å². The number of methoxy groups -OCH3 is 2. The maximum absolute atomic E-state index is 12.9. The first kappa shape index (κ1) is 18.1. The van der Waals surface area contributed by atoms with Gasteiger partial charge >= 0.3 is 0 Å². The van der Waals surface area contributed by atoms with Gasteiger partial charge in [-0.25, -0.2) is 0 Å². The van der Waals surface area contributed by atoms with Crippen LogP contribution in [-0.2, 0) is 0 Å². The summed E-state index contributed by atoms with van der Waals surface area (Å²) in [6, 6.07) is 6.18. The van der Waals surface area contributed by atoms with E-state index in [4.69, 9.17) is 9.47 Å². The molecule has 1 saturated heterocycles. The number of piperazine rings is 1. The smallest absolute Gasteiger partial charge is 0.254 e. The van der Waals surface area contributed by atoms with Crippen molar-refractivity contribution in [3.8, 4) is 11.5 Å². The van der Waals surface area contributed by atoms with Crippen molar-refractivity contribution in [3.63, 3.8) is 0 Å². The molecular formula is C20H31N2O3+. The van der Waals surface area contributed by atoms with Crippen LogP contribution in [-0.4, -0.2) is 57.2 Å². The minimum Gasteiger partial charge on any atom is -0.497 e. The fourth-order valence-corrected chi connectivity index (χ4v) is 4.32.